The summed E-state index contributed by atoms with van der Waals surface area (Å²) in [6.07, 6.45) is 4.73. The first kappa shape index (κ1) is 27.8. The van der Waals surface area contributed by atoms with Crippen LogP contribution in [0.3, 0.4) is 0 Å². The predicted molar refractivity (Wildman–Crippen MR) is 133 cm³/mol. The van der Waals surface area contributed by atoms with E-state index in [9.17, 15) is 15.0 Å². The molecule has 0 radical (unpaired) electrons. The minimum atomic E-state index is -0.958. The summed E-state index contributed by atoms with van der Waals surface area (Å²) in [7, 11) is 6.20. The fourth-order valence-electron chi connectivity index (χ4n) is 3.48. The SMILES string of the molecule is C/C=C(/CO)C(=O)OC[C@H](C/C=C/c1ccc(OC)c(OC)c1)[C@H](O)c1ccc(OC)c(OC)c1. The molecule has 2 rings (SSSR count). The Morgan fingerprint density at radius 3 is 2.09 bits per heavy atom. The predicted octanol–water partition coefficient (Wildman–Crippen LogP) is 3.96. The van der Waals surface area contributed by atoms with E-state index in [0.29, 0.717) is 35.0 Å². The summed E-state index contributed by atoms with van der Waals surface area (Å²) < 4.78 is 26.7. The maximum atomic E-state index is 12.3. The Kier molecular flexibility index (Phi) is 11.1. The van der Waals surface area contributed by atoms with E-state index in [-0.39, 0.29) is 12.2 Å². The summed E-state index contributed by atoms with van der Waals surface area (Å²) in [6.45, 7) is 1.17. The monoisotopic (exact) mass is 486 g/mol. The molecule has 0 aromatic heterocycles. The first-order valence-electron chi connectivity index (χ1n) is 11.1. The van der Waals surface area contributed by atoms with Gasteiger partial charge in [-0.1, -0.05) is 30.4 Å². The van der Waals surface area contributed by atoms with Gasteiger partial charge in [0, 0.05) is 5.92 Å². The van der Waals surface area contributed by atoms with Crippen LogP contribution >= 0.6 is 0 Å². The van der Waals surface area contributed by atoms with Crippen LogP contribution in [0.4, 0.5) is 0 Å². The maximum Gasteiger partial charge on any atom is 0.336 e. The van der Waals surface area contributed by atoms with E-state index >= 15 is 0 Å². The molecule has 0 saturated heterocycles. The van der Waals surface area contributed by atoms with E-state index in [0.717, 1.165) is 5.56 Å². The van der Waals surface area contributed by atoms with Crippen LogP contribution in [0, 0.1) is 5.92 Å². The molecule has 0 saturated carbocycles. The van der Waals surface area contributed by atoms with Crippen molar-refractivity contribution in [1.29, 1.82) is 0 Å². The lowest BCUT2D eigenvalue weighted by Crippen LogP contribution is -2.22. The van der Waals surface area contributed by atoms with Gasteiger partial charge in [-0.15, -0.1) is 0 Å². The van der Waals surface area contributed by atoms with Crippen molar-refractivity contribution in [2.45, 2.75) is 19.4 Å². The zero-order valence-corrected chi connectivity index (χ0v) is 20.8. The second kappa shape index (κ2) is 14.0. The molecule has 2 aromatic rings. The minimum absolute atomic E-state index is 0.0536. The molecule has 190 valence electrons. The highest BCUT2D eigenvalue weighted by Crippen LogP contribution is 2.34. The van der Waals surface area contributed by atoms with Gasteiger partial charge < -0.3 is 33.9 Å². The van der Waals surface area contributed by atoms with E-state index in [1.54, 1.807) is 39.3 Å². The van der Waals surface area contributed by atoms with Gasteiger partial charge in [-0.05, 0) is 48.7 Å². The van der Waals surface area contributed by atoms with E-state index < -0.39 is 24.6 Å². The molecule has 2 atom stereocenters. The van der Waals surface area contributed by atoms with Crippen molar-refractivity contribution in [2.24, 2.45) is 5.92 Å². The standard InChI is InChI=1S/C27H34O8/c1-6-19(16-28)27(30)35-17-21(26(29)20-11-13-23(32-3)25(15-20)34-5)9-7-8-18-10-12-22(31-2)24(14-18)33-4/h6-8,10-15,21,26,28-29H,9,16-17H2,1-5H3/b8-7+,19-6-/t21-,26+/m0/s1. The van der Waals surface area contributed by atoms with Crippen LogP contribution in [0.2, 0.25) is 0 Å². The summed E-state index contributed by atoms with van der Waals surface area (Å²) in [5.41, 5.74) is 1.64. The van der Waals surface area contributed by atoms with Crippen molar-refractivity contribution < 1.29 is 38.7 Å². The highest BCUT2D eigenvalue weighted by atomic mass is 16.5. The summed E-state index contributed by atoms with van der Waals surface area (Å²) in [4.78, 5) is 12.3. The largest absolute Gasteiger partial charge is 0.493 e. The lowest BCUT2D eigenvalue weighted by atomic mass is 9.92. The first-order valence-corrected chi connectivity index (χ1v) is 11.1. The number of allylic oxidation sites excluding steroid dienone is 2. The first-order chi connectivity index (χ1) is 16.9. The Morgan fingerprint density at radius 2 is 1.51 bits per heavy atom. The Hall–Kier alpha value is -3.49. The Bertz CT molecular complexity index is 1030. The second-order valence-electron chi connectivity index (χ2n) is 7.64. The zero-order valence-electron chi connectivity index (χ0n) is 20.8. The molecule has 0 unspecified atom stereocenters. The number of ether oxygens (including phenoxy) is 5. The van der Waals surface area contributed by atoms with Crippen molar-refractivity contribution in [3.8, 4) is 23.0 Å². The molecule has 35 heavy (non-hydrogen) atoms. The van der Waals surface area contributed by atoms with Crippen LogP contribution in [-0.4, -0.2) is 57.8 Å². The third kappa shape index (κ3) is 7.50. The molecule has 0 bridgehead atoms. The Balaban J connectivity index is 2.26. The Labute approximate surface area is 206 Å². The van der Waals surface area contributed by atoms with Crippen LogP contribution in [0.1, 0.15) is 30.6 Å². The van der Waals surface area contributed by atoms with E-state index in [2.05, 4.69) is 0 Å². The number of hydrogen-bond acceptors (Lipinski definition) is 8. The summed E-state index contributed by atoms with van der Waals surface area (Å²) in [6, 6.07) is 10.7. The van der Waals surface area contributed by atoms with Gasteiger partial charge in [-0.3, -0.25) is 0 Å². The lowest BCUT2D eigenvalue weighted by molar-refractivity contribution is -0.142. The summed E-state index contributed by atoms with van der Waals surface area (Å²) >= 11 is 0. The summed E-state index contributed by atoms with van der Waals surface area (Å²) in [5.74, 6) is 1.17. The molecule has 2 N–H and O–H groups in total. The number of aliphatic hydroxyl groups excluding tert-OH is 2. The third-order valence-electron chi connectivity index (χ3n) is 5.56. The zero-order chi connectivity index (χ0) is 25.8. The van der Waals surface area contributed by atoms with E-state index in [1.807, 2.05) is 30.4 Å². The van der Waals surface area contributed by atoms with Gasteiger partial charge in [-0.2, -0.15) is 0 Å². The smallest absolute Gasteiger partial charge is 0.336 e. The van der Waals surface area contributed by atoms with E-state index in [1.165, 1.54) is 20.3 Å². The van der Waals surface area contributed by atoms with Crippen molar-refractivity contribution in [3.05, 3.63) is 65.3 Å². The number of esters is 1. The molecule has 0 aliphatic carbocycles. The van der Waals surface area contributed by atoms with E-state index in [4.69, 9.17) is 23.7 Å². The molecular formula is C27H34O8. The fourth-order valence-corrected chi connectivity index (χ4v) is 3.48. The average molecular weight is 487 g/mol. The van der Waals surface area contributed by atoms with Crippen molar-refractivity contribution >= 4 is 12.0 Å². The molecule has 0 heterocycles. The molecule has 0 spiro atoms. The quantitative estimate of drug-likeness (QED) is 0.324. The molecule has 8 heteroatoms. The van der Waals surface area contributed by atoms with Crippen LogP contribution in [0.25, 0.3) is 6.08 Å². The van der Waals surface area contributed by atoms with Crippen molar-refractivity contribution in [3.63, 3.8) is 0 Å². The highest BCUT2D eigenvalue weighted by Gasteiger charge is 2.24. The van der Waals surface area contributed by atoms with Crippen LogP contribution in [0.15, 0.2) is 54.1 Å². The molecule has 0 aliphatic heterocycles. The lowest BCUT2D eigenvalue weighted by Gasteiger charge is -2.23. The molecule has 0 aliphatic rings. The fraction of sp³-hybridized carbons (Fsp3) is 0.370. The van der Waals surface area contributed by atoms with Crippen molar-refractivity contribution in [1.82, 2.24) is 0 Å². The molecule has 0 amide bonds. The molecular weight excluding hydrogens is 452 g/mol. The van der Waals surface area contributed by atoms with Gasteiger partial charge in [0.15, 0.2) is 23.0 Å². The topological polar surface area (TPSA) is 104 Å². The van der Waals surface area contributed by atoms with Crippen LogP contribution < -0.4 is 18.9 Å². The second-order valence-corrected chi connectivity index (χ2v) is 7.64. The number of benzene rings is 2. The number of carbonyl (C=O) groups is 1. The van der Waals surface area contributed by atoms with Gasteiger partial charge in [-0.25, -0.2) is 4.79 Å². The molecule has 8 nitrogen and oxygen atoms in total. The number of carbonyl (C=O) groups excluding carboxylic acids is 1. The maximum absolute atomic E-state index is 12.3. The third-order valence-corrected chi connectivity index (χ3v) is 5.56. The number of hydrogen-bond donors (Lipinski definition) is 2. The van der Waals surface area contributed by atoms with Gasteiger partial charge in [0.05, 0.1) is 53.3 Å². The van der Waals surface area contributed by atoms with Gasteiger partial charge >= 0.3 is 5.97 Å². The molecule has 2 aromatic carbocycles. The van der Waals surface area contributed by atoms with Gasteiger partial charge in [0.1, 0.15) is 0 Å². The highest BCUT2D eigenvalue weighted by molar-refractivity contribution is 5.88. The van der Waals surface area contributed by atoms with Gasteiger partial charge in [0.25, 0.3) is 0 Å². The average Bonchev–Trinajstić information content (AvgIpc) is 2.90. The minimum Gasteiger partial charge on any atom is -0.493 e. The molecule has 0 fully saturated rings. The number of methoxy groups -OCH3 is 4. The van der Waals surface area contributed by atoms with Crippen molar-refractivity contribution in [2.75, 3.05) is 41.7 Å². The van der Waals surface area contributed by atoms with Crippen LogP contribution in [0.5, 0.6) is 23.0 Å². The van der Waals surface area contributed by atoms with Crippen LogP contribution in [-0.2, 0) is 9.53 Å². The number of rotatable bonds is 13. The Morgan fingerprint density at radius 1 is 0.914 bits per heavy atom. The normalized spacial score (nSPS) is 13.3. The van der Waals surface area contributed by atoms with Gasteiger partial charge in [0.2, 0.25) is 0 Å². The number of aliphatic hydroxyl groups is 2. The summed E-state index contributed by atoms with van der Waals surface area (Å²) in [5, 5.41) is 20.5.